The van der Waals surface area contributed by atoms with Gasteiger partial charge in [0.15, 0.2) is 0 Å². The summed E-state index contributed by atoms with van der Waals surface area (Å²) in [5.74, 6) is 0.995. The molecule has 0 radical (unpaired) electrons. The molecule has 1 aromatic heterocycles. The molecular weight excluding hydrogens is 246 g/mol. The third kappa shape index (κ3) is 4.54. The standard InChI is InChI=1S/C14H17NS2/c15-12(8-9-14-7-4-10-16-14)11-17-13-5-2-1-3-6-13/h1-7,10,12H,8-9,11,15H2. The second-order valence-corrected chi connectivity index (χ2v) is 6.13. The van der Waals surface area contributed by atoms with Crippen LogP contribution in [0.25, 0.3) is 0 Å². The molecule has 0 amide bonds. The van der Waals surface area contributed by atoms with Gasteiger partial charge < -0.3 is 5.73 Å². The van der Waals surface area contributed by atoms with Gasteiger partial charge in [0.2, 0.25) is 0 Å². The van der Waals surface area contributed by atoms with Crippen LogP contribution in [0.5, 0.6) is 0 Å². The van der Waals surface area contributed by atoms with Crippen molar-refractivity contribution in [3.8, 4) is 0 Å². The van der Waals surface area contributed by atoms with E-state index in [4.69, 9.17) is 5.73 Å². The highest BCUT2D eigenvalue weighted by atomic mass is 32.2. The molecule has 1 atom stereocenters. The Hall–Kier alpha value is -0.770. The Bertz CT molecular complexity index is 411. The van der Waals surface area contributed by atoms with E-state index in [9.17, 15) is 0 Å². The van der Waals surface area contributed by atoms with Crippen LogP contribution in [0.1, 0.15) is 11.3 Å². The predicted molar refractivity (Wildman–Crippen MR) is 77.8 cm³/mol. The smallest absolute Gasteiger partial charge is 0.0137 e. The molecule has 2 aromatic rings. The van der Waals surface area contributed by atoms with E-state index in [1.165, 1.54) is 9.77 Å². The number of benzene rings is 1. The van der Waals surface area contributed by atoms with Crippen LogP contribution >= 0.6 is 23.1 Å². The van der Waals surface area contributed by atoms with E-state index < -0.39 is 0 Å². The zero-order valence-corrected chi connectivity index (χ0v) is 11.3. The second kappa shape index (κ2) is 6.84. The first-order valence-electron chi connectivity index (χ1n) is 5.80. The molecular formula is C14H17NS2. The maximum absolute atomic E-state index is 6.12. The minimum atomic E-state index is 0.280. The molecule has 90 valence electrons. The molecule has 1 aromatic carbocycles. The van der Waals surface area contributed by atoms with Crippen molar-refractivity contribution in [2.75, 3.05) is 5.75 Å². The van der Waals surface area contributed by atoms with Gasteiger partial charge in [-0.05, 0) is 36.4 Å². The van der Waals surface area contributed by atoms with Gasteiger partial charge in [0.25, 0.3) is 0 Å². The van der Waals surface area contributed by atoms with Crippen molar-refractivity contribution in [1.29, 1.82) is 0 Å². The largest absolute Gasteiger partial charge is 0.327 e. The first kappa shape index (κ1) is 12.7. The van der Waals surface area contributed by atoms with Crippen LogP contribution in [0.3, 0.4) is 0 Å². The number of hydrogen-bond acceptors (Lipinski definition) is 3. The molecule has 2 N–H and O–H groups in total. The fourth-order valence-electron chi connectivity index (χ4n) is 1.59. The number of rotatable bonds is 6. The number of aryl methyl sites for hydroxylation is 1. The Morgan fingerprint density at radius 3 is 2.65 bits per heavy atom. The molecule has 1 heterocycles. The summed E-state index contributed by atoms with van der Waals surface area (Å²) in [5, 5.41) is 2.12. The Morgan fingerprint density at radius 2 is 1.94 bits per heavy atom. The number of thiophene rings is 1. The molecule has 3 heteroatoms. The monoisotopic (exact) mass is 263 g/mol. The highest BCUT2D eigenvalue weighted by Gasteiger charge is 2.04. The molecule has 0 aliphatic rings. The molecule has 0 saturated heterocycles. The van der Waals surface area contributed by atoms with Crippen LogP contribution in [0, 0.1) is 0 Å². The van der Waals surface area contributed by atoms with Gasteiger partial charge in [-0.25, -0.2) is 0 Å². The van der Waals surface area contributed by atoms with Crippen LogP contribution in [0.4, 0.5) is 0 Å². The van der Waals surface area contributed by atoms with Gasteiger partial charge in [-0.1, -0.05) is 24.3 Å². The minimum Gasteiger partial charge on any atom is -0.327 e. The topological polar surface area (TPSA) is 26.0 Å². The lowest BCUT2D eigenvalue weighted by Crippen LogP contribution is -2.23. The molecule has 0 bridgehead atoms. The van der Waals surface area contributed by atoms with Crippen molar-refractivity contribution >= 4 is 23.1 Å². The van der Waals surface area contributed by atoms with E-state index in [1.807, 2.05) is 29.2 Å². The summed E-state index contributed by atoms with van der Waals surface area (Å²) in [6.45, 7) is 0. The van der Waals surface area contributed by atoms with Gasteiger partial charge in [0.1, 0.15) is 0 Å². The van der Waals surface area contributed by atoms with Crippen LogP contribution in [0.15, 0.2) is 52.7 Å². The highest BCUT2D eigenvalue weighted by molar-refractivity contribution is 7.99. The first-order valence-corrected chi connectivity index (χ1v) is 7.67. The molecule has 2 rings (SSSR count). The van der Waals surface area contributed by atoms with Crippen molar-refractivity contribution in [2.45, 2.75) is 23.8 Å². The van der Waals surface area contributed by atoms with Gasteiger partial charge in [-0.15, -0.1) is 23.1 Å². The summed E-state index contributed by atoms with van der Waals surface area (Å²) in [4.78, 5) is 2.74. The maximum atomic E-state index is 6.12. The Labute approximate surface area is 111 Å². The van der Waals surface area contributed by atoms with Crippen molar-refractivity contribution in [3.63, 3.8) is 0 Å². The van der Waals surface area contributed by atoms with Crippen molar-refractivity contribution in [2.24, 2.45) is 5.73 Å². The van der Waals surface area contributed by atoms with Crippen LogP contribution in [-0.2, 0) is 6.42 Å². The van der Waals surface area contributed by atoms with Crippen molar-refractivity contribution in [3.05, 3.63) is 52.7 Å². The first-order chi connectivity index (χ1) is 8.34. The van der Waals surface area contributed by atoms with Crippen LogP contribution in [0.2, 0.25) is 0 Å². The SMILES string of the molecule is NC(CCc1cccs1)CSc1ccccc1. The minimum absolute atomic E-state index is 0.280. The third-order valence-electron chi connectivity index (χ3n) is 2.55. The number of hydrogen-bond donors (Lipinski definition) is 1. The quantitative estimate of drug-likeness (QED) is 0.802. The summed E-state index contributed by atoms with van der Waals surface area (Å²) < 4.78 is 0. The fraction of sp³-hybridized carbons (Fsp3) is 0.286. The average molecular weight is 263 g/mol. The van der Waals surface area contributed by atoms with E-state index >= 15 is 0 Å². The third-order valence-corrected chi connectivity index (χ3v) is 4.69. The summed E-state index contributed by atoms with van der Waals surface area (Å²) in [6.07, 6.45) is 2.18. The lowest BCUT2D eigenvalue weighted by Gasteiger charge is -2.10. The van der Waals surface area contributed by atoms with Crippen molar-refractivity contribution < 1.29 is 0 Å². The van der Waals surface area contributed by atoms with Crippen LogP contribution < -0.4 is 5.73 Å². The molecule has 0 spiro atoms. The molecule has 0 fully saturated rings. The Morgan fingerprint density at radius 1 is 1.12 bits per heavy atom. The van der Waals surface area contributed by atoms with E-state index in [-0.39, 0.29) is 6.04 Å². The van der Waals surface area contributed by atoms with Crippen LogP contribution in [-0.4, -0.2) is 11.8 Å². The zero-order valence-electron chi connectivity index (χ0n) is 9.71. The predicted octanol–water partition coefficient (Wildman–Crippen LogP) is 3.80. The number of nitrogens with two attached hydrogens (primary N) is 1. The summed E-state index contributed by atoms with van der Waals surface area (Å²) in [5.41, 5.74) is 6.12. The summed E-state index contributed by atoms with van der Waals surface area (Å²) in [7, 11) is 0. The number of thioether (sulfide) groups is 1. The van der Waals surface area contributed by atoms with E-state index in [1.54, 1.807) is 0 Å². The maximum Gasteiger partial charge on any atom is 0.0137 e. The lowest BCUT2D eigenvalue weighted by atomic mass is 10.2. The Kier molecular flexibility index (Phi) is 5.10. The molecule has 0 aliphatic carbocycles. The van der Waals surface area contributed by atoms with Gasteiger partial charge in [-0.2, -0.15) is 0 Å². The highest BCUT2D eigenvalue weighted by Crippen LogP contribution is 2.19. The molecule has 0 saturated carbocycles. The van der Waals surface area contributed by atoms with E-state index in [0.29, 0.717) is 0 Å². The van der Waals surface area contributed by atoms with Crippen molar-refractivity contribution in [1.82, 2.24) is 0 Å². The van der Waals surface area contributed by atoms with E-state index in [0.717, 1.165) is 18.6 Å². The second-order valence-electron chi connectivity index (χ2n) is 4.00. The average Bonchev–Trinajstić information content (AvgIpc) is 2.88. The van der Waals surface area contributed by atoms with Gasteiger partial charge in [-0.3, -0.25) is 0 Å². The molecule has 1 nitrogen and oxygen atoms in total. The molecule has 0 aliphatic heterocycles. The Balaban J connectivity index is 1.69. The lowest BCUT2D eigenvalue weighted by molar-refractivity contribution is 0.679. The van der Waals surface area contributed by atoms with Gasteiger partial charge in [0.05, 0.1) is 0 Å². The zero-order chi connectivity index (χ0) is 11.9. The molecule has 17 heavy (non-hydrogen) atoms. The molecule has 1 unspecified atom stereocenters. The summed E-state index contributed by atoms with van der Waals surface area (Å²) >= 11 is 3.66. The summed E-state index contributed by atoms with van der Waals surface area (Å²) in [6, 6.07) is 15.0. The van der Waals surface area contributed by atoms with Gasteiger partial charge >= 0.3 is 0 Å². The van der Waals surface area contributed by atoms with E-state index in [2.05, 4.69) is 41.8 Å². The normalized spacial score (nSPS) is 12.5. The van der Waals surface area contributed by atoms with Gasteiger partial charge in [0, 0.05) is 21.6 Å². The fourth-order valence-corrected chi connectivity index (χ4v) is 3.23.